The van der Waals surface area contributed by atoms with E-state index in [0.717, 1.165) is 50.9 Å². The molecule has 1 aliphatic rings. The summed E-state index contributed by atoms with van der Waals surface area (Å²) in [7, 11) is 1.67. The van der Waals surface area contributed by atoms with Crippen molar-refractivity contribution in [3.63, 3.8) is 0 Å². The summed E-state index contributed by atoms with van der Waals surface area (Å²) in [5.74, 6) is 0.869. The predicted octanol–water partition coefficient (Wildman–Crippen LogP) is 2.82. The fourth-order valence-electron chi connectivity index (χ4n) is 3.24. The summed E-state index contributed by atoms with van der Waals surface area (Å²) in [5.41, 5.74) is 1.24. The van der Waals surface area contributed by atoms with Crippen molar-refractivity contribution in [2.24, 2.45) is 5.41 Å². The maximum Gasteiger partial charge on any atom is 0.317 e. The molecule has 134 valence electrons. The number of rotatable bonds is 7. The van der Waals surface area contributed by atoms with Crippen molar-refractivity contribution in [1.29, 1.82) is 0 Å². The average molecular weight is 334 g/mol. The first-order valence-electron chi connectivity index (χ1n) is 8.89. The van der Waals surface area contributed by atoms with Crippen molar-refractivity contribution in [1.82, 2.24) is 10.2 Å². The van der Waals surface area contributed by atoms with Gasteiger partial charge in [-0.05, 0) is 55.2 Å². The molecule has 0 radical (unpaired) electrons. The molecule has 0 aromatic heterocycles. The Bertz CT molecular complexity index is 519. The van der Waals surface area contributed by atoms with E-state index in [-0.39, 0.29) is 18.1 Å². The lowest BCUT2D eigenvalue weighted by atomic mass is 9.77. The summed E-state index contributed by atoms with van der Waals surface area (Å²) < 4.78 is 5.22. The Balaban J connectivity index is 1.68. The molecule has 1 aromatic carbocycles. The highest BCUT2D eigenvalue weighted by atomic mass is 16.5. The Morgan fingerprint density at radius 2 is 2.12 bits per heavy atom. The zero-order chi connectivity index (χ0) is 17.4. The minimum atomic E-state index is 0.0169. The number of benzene rings is 1. The van der Waals surface area contributed by atoms with Gasteiger partial charge in [0, 0.05) is 26.2 Å². The number of carbonyl (C=O) groups excluding carboxylic acids is 1. The number of piperidine rings is 1. The molecule has 0 unspecified atom stereocenters. The average Bonchev–Trinajstić information content (AvgIpc) is 2.65. The van der Waals surface area contributed by atoms with Crippen LogP contribution in [0.5, 0.6) is 5.75 Å². The number of ether oxygens (including phenoxy) is 1. The van der Waals surface area contributed by atoms with Crippen LogP contribution in [0, 0.1) is 5.41 Å². The van der Waals surface area contributed by atoms with Crippen LogP contribution in [0.1, 0.15) is 38.2 Å². The number of hydrogen-bond acceptors (Lipinski definition) is 3. The second-order valence-corrected chi connectivity index (χ2v) is 6.69. The molecule has 0 spiro atoms. The van der Waals surface area contributed by atoms with Gasteiger partial charge in [-0.15, -0.1) is 0 Å². The van der Waals surface area contributed by atoms with Gasteiger partial charge in [-0.2, -0.15) is 0 Å². The molecule has 1 aliphatic heterocycles. The number of likely N-dealkylation sites (tertiary alicyclic amines) is 1. The number of hydrogen-bond donors (Lipinski definition) is 2. The third kappa shape index (κ3) is 4.87. The number of nitrogens with zero attached hydrogens (tertiary/aromatic N) is 1. The molecule has 1 saturated heterocycles. The second-order valence-electron chi connectivity index (χ2n) is 6.69. The van der Waals surface area contributed by atoms with Crippen LogP contribution in [0.4, 0.5) is 4.79 Å². The van der Waals surface area contributed by atoms with Crippen LogP contribution in [-0.2, 0) is 6.42 Å². The lowest BCUT2D eigenvalue weighted by Crippen LogP contribution is -2.48. The first-order chi connectivity index (χ1) is 11.6. The number of nitrogens with one attached hydrogen (secondary N) is 1. The van der Waals surface area contributed by atoms with E-state index in [2.05, 4.69) is 18.3 Å². The molecule has 2 rings (SSSR count). The van der Waals surface area contributed by atoms with Gasteiger partial charge in [0.15, 0.2) is 0 Å². The molecule has 0 atom stereocenters. The SMILES string of the molecule is CCC1(CO)CCN(C(=O)NCCCc2cccc(OC)c2)CC1. The standard InChI is InChI=1S/C19H30N2O3/c1-3-19(15-22)9-12-21(13-10-19)18(23)20-11-5-7-16-6-4-8-17(14-16)24-2/h4,6,8,14,22H,3,5,7,9-13,15H2,1-2H3,(H,20,23). The van der Waals surface area contributed by atoms with Gasteiger partial charge in [-0.1, -0.05) is 19.1 Å². The van der Waals surface area contributed by atoms with Gasteiger partial charge < -0.3 is 20.1 Å². The molecular weight excluding hydrogens is 304 g/mol. The lowest BCUT2D eigenvalue weighted by Gasteiger charge is -2.40. The second kappa shape index (κ2) is 8.92. The van der Waals surface area contributed by atoms with Crippen LogP contribution < -0.4 is 10.1 Å². The van der Waals surface area contributed by atoms with Crippen molar-refractivity contribution in [3.05, 3.63) is 29.8 Å². The molecule has 5 heteroatoms. The van der Waals surface area contributed by atoms with Crippen LogP contribution in [0.15, 0.2) is 24.3 Å². The van der Waals surface area contributed by atoms with Crippen LogP contribution >= 0.6 is 0 Å². The van der Waals surface area contributed by atoms with Gasteiger partial charge in [0.2, 0.25) is 0 Å². The van der Waals surface area contributed by atoms with E-state index >= 15 is 0 Å². The normalized spacial score (nSPS) is 16.7. The smallest absolute Gasteiger partial charge is 0.317 e. The largest absolute Gasteiger partial charge is 0.497 e. The van der Waals surface area contributed by atoms with Crippen LogP contribution in [0.3, 0.4) is 0 Å². The van der Waals surface area contributed by atoms with Crippen molar-refractivity contribution < 1.29 is 14.6 Å². The molecule has 2 N–H and O–H groups in total. The van der Waals surface area contributed by atoms with Gasteiger partial charge in [0.25, 0.3) is 0 Å². The van der Waals surface area contributed by atoms with E-state index in [0.29, 0.717) is 6.54 Å². The van der Waals surface area contributed by atoms with E-state index in [1.807, 2.05) is 23.1 Å². The zero-order valence-corrected chi connectivity index (χ0v) is 14.9. The van der Waals surface area contributed by atoms with Crippen LogP contribution in [0.25, 0.3) is 0 Å². The van der Waals surface area contributed by atoms with Crippen molar-refractivity contribution >= 4 is 6.03 Å². The Morgan fingerprint density at radius 3 is 2.75 bits per heavy atom. The maximum absolute atomic E-state index is 12.2. The molecule has 0 aliphatic carbocycles. The van der Waals surface area contributed by atoms with Crippen molar-refractivity contribution in [2.45, 2.75) is 39.0 Å². The zero-order valence-electron chi connectivity index (χ0n) is 14.9. The van der Waals surface area contributed by atoms with E-state index in [9.17, 15) is 9.90 Å². The monoisotopic (exact) mass is 334 g/mol. The number of amides is 2. The van der Waals surface area contributed by atoms with E-state index in [1.54, 1.807) is 7.11 Å². The Hall–Kier alpha value is -1.75. The molecule has 5 nitrogen and oxygen atoms in total. The number of urea groups is 1. The molecule has 1 heterocycles. The number of methoxy groups -OCH3 is 1. The summed E-state index contributed by atoms with van der Waals surface area (Å²) in [6.07, 6.45) is 4.57. The minimum absolute atomic E-state index is 0.0169. The van der Waals surface area contributed by atoms with Gasteiger partial charge in [-0.3, -0.25) is 0 Å². The molecule has 24 heavy (non-hydrogen) atoms. The van der Waals surface area contributed by atoms with E-state index in [1.165, 1.54) is 5.56 Å². The topological polar surface area (TPSA) is 61.8 Å². The quantitative estimate of drug-likeness (QED) is 0.754. The van der Waals surface area contributed by atoms with Crippen LogP contribution in [-0.4, -0.2) is 49.4 Å². The summed E-state index contributed by atoms with van der Waals surface area (Å²) in [4.78, 5) is 14.1. The highest BCUT2D eigenvalue weighted by Gasteiger charge is 2.33. The highest BCUT2D eigenvalue weighted by molar-refractivity contribution is 5.74. The Kier molecular flexibility index (Phi) is 6.91. The number of aryl methyl sites for hydroxylation is 1. The number of aliphatic hydroxyl groups is 1. The molecule has 2 amide bonds. The van der Waals surface area contributed by atoms with Crippen molar-refractivity contribution in [3.8, 4) is 5.75 Å². The fourth-order valence-corrected chi connectivity index (χ4v) is 3.24. The van der Waals surface area contributed by atoms with Gasteiger partial charge in [0.05, 0.1) is 7.11 Å². The molecule has 1 aromatic rings. The third-order valence-electron chi connectivity index (χ3n) is 5.25. The van der Waals surface area contributed by atoms with Crippen LogP contribution in [0.2, 0.25) is 0 Å². The molecule has 0 bridgehead atoms. The lowest BCUT2D eigenvalue weighted by molar-refractivity contribution is 0.0520. The van der Waals surface area contributed by atoms with Gasteiger partial charge in [-0.25, -0.2) is 4.79 Å². The highest BCUT2D eigenvalue weighted by Crippen LogP contribution is 2.34. The summed E-state index contributed by atoms with van der Waals surface area (Å²) in [6.45, 7) is 4.47. The van der Waals surface area contributed by atoms with Gasteiger partial charge in [0.1, 0.15) is 5.75 Å². The van der Waals surface area contributed by atoms with Gasteiger partial charge >= 0.3 is 6.03 Å². The van der Waals surface area contributed by atoms with E-state index in [4.69, 9.17) is 4.74 Å². The minimum Gasteiger partial charge on any atom is -0.497 e. The maximum atomic E-state index is 12.2. The first kappa shape index (κ1) is 18.6. The number of carbonyl (C=O) groups is 1. The Morgan fingerprint density at radius 1 is 1.38 bits per heavy atom. The predicted molar refractivity (Wildman–Crippen MR) is 95.3 cm³/mol. The van der Waals surface area contributed by atoms with Crippen molar-refractivity contribution in [2.75, 3.05) is 33.4 Å². The summed E-state index contributed by atoms with van der Waals surface area (Å²) >= 11 is 0. The molecular formula is C19H30N2O3. The third-order valence-corrected chi connectivity index (χ3v) is 5.25. The molecule has 0 saturated carbocycles. The van der Waals surface area contributed by atoms with E-state index < -0.39 is 0 Å². The fraction of sp³-hybridized carbons (Fsp3) is 0.632. The molecule has 1 fully saturated rings. The first-order valence-corrected chi connectivity index (χ1v) is 8.89. The summed E-state index contributed by atoms with van der Waals surface area (Å²) in [6, 6.07) is 8.05. The summed E-state index contributed by atoms with van der Waals surface area (Å²) in [5, 5.41) is 12.6. The number of aliphatic hydroxyl groups excluding tert-OH is 1. The Labute approximate surface area is 145 Å².